The molecule has 0 radical (unpaired) electrons. The lowest BCUT2D eigenvalue weighted by molar-refractivity contribution is -0.126. The number of carbonyl (C=O) groups excluding carboxylic acids is 1. The highest BCUT2D eigenvalue weighted by Gasteiger charge is 2.30. The Morgan fingerprint density at radius 1 is 1.12 bits per heavy atom. The Balaban J connectivity index is 1.84. The summed E-state index contributed by atoms with van der Waals surface area (Å²) in [5.41, 5.74) is -1.01. The molecule has 1 saturated heterocycles. The number of amides is 1. The Labute approximate surface area is 234 Å². The first-order chi connectivity index (χ1) is 19.4. The number of sulfonamides is 1. The summed E-state index contributed by atoms with van der Waals surface area (Å²) < 4.78 is 56.6. The van der Waals surface area contributed by atoms with Crippen molar-refractivity contribution in [2.45, 2.75) is 24.8 Å². The number of halogens is 2. The van der Waals surface area contributed by atoms with Crippen LogP contribution in [0.25, 0.3) is 27.7 Å². The molecule has 1 amide bonds. The molecule has 1 aliphatic rings. The predicted molar refractivity (Wildman–Crippen MR) is 150 cm³/mol. The summed E-state index contributed by atoms with van der Waals surface area (Å²) in [6.07, 6.45) is 2.46. The van der Waals surface area contributed by atoms with E-state index >= 15 is 4.39 Å². The number of primary sulfonamides is 1. The van der Waals surface area contributed by atoms with Crippen molar-refractivity contribution < 1.29 is 22.0 Å². The Morgan fingerprint density at radius 3 is 2.51 bits per heavy atom. The number of aromatic nitrogens is 3. The van der Waals surface area contributed by atoms with Gasteiger partial charge in [0.05, 0.1) is 16.9 Å². The van der Waals surface area contributed by atoms with Gasteiger partial charge in [-0.25, -0.2) is 27.1 Å². The second-order valence-corrected chi connectivity index (χ2v) is 11.2. The van der Waals surface area contributed by atoms with Crippen LogP contribution in [0.3, 0.4) is 0 Å². The fourth-order valence-corrected chi connectivity index (χ4v) is 5.95. The fourth-order valence-electron chi connectivity index (χ4n) is 5.19. The van der Waals surface area contributed by atoms with Gasteiger partial charge in [-0.1, -0.05) is 24.8 Å². The Kier molecular flexibility index (Phi) is 7.17. The number of pyridine rings is 1. The molecule has 0 unspecified atom stereocenters. The number of fused-ring (bicyclic) bond motifs is 1. The van der Waals surface area contributed by atoms with Crippen LogP contribution in [-0.4, -0.2) is 59.4 Å². The molecule has 4 aromatic rings. The molecule has 0 spiro atoms. The molecule has 5 rings (SSSR count). The monoisotopic (exact) mass is 580 g/mol. The Morgan fingerprint density at radius 2 is 1.85 bits per heavy atom. The van der Waals surface area contributed by atoms with E-state index in [4.69, 9.17) is 5.14 Å². The van der Waals surface area contributed by atoms with E-state index in [1.165, 1.54) is 43.5 Å². The van der Waals surface area contributed by atoms with E-state index in [-0.39, 0.29) is 62.6 Å². The number of nitrogens with two attached hydrogens (primary N) is 1. The van der Waals surface area contributed by atoms with Gasteiger partial charge in [0.25, 0.3) is 0 Å². The molecule has 3 heterocycles. The largest absolute Gasteiger partial charge is 0.354 e. The van der Waals surface area contributed by atoms with Crippen molar-refractivity contribution in [2.24, 2.45) is 5.14 Å². The third kappa shape index (κ3) is 4.98. The van der Waals surface area contributed by atoms with Gasteiger partial charge < -0.3 is 9.80 Å². The minimum atomic E-state index is -4.34. The number of anilines is 1. The number of carbonyl (C=O) groups is 1. The summed E-state index contributed by atoms with van der Waals surface area (Å²) >= 11 is 0. The molecule has 0 saturated carbocycles. The van der Waals surface area contributed by atoms with Crippen LogP contribution in [0.4, 0.5) is 14.6 Å². The molecule has 13 heteroatoms. The standard InChI is InChI=1S/C28H26F2N6O4S/c1-4-25(37)34-11-12-35(16(2)15-34)27-20-13-22(30)19(18-7-5-6-8-21(18)29)14-23(20)36(28(38)33-27)26-17(3)32-10-9-24(26)41(31,39)40/h4-10,13-14,16H,1,11-12,15H2,2-3H3,(H2,31,39,40)/t16-/m0/s1. The molecule has 41 heavy (non-hydrogen) atoms. The number of aryl methyl sites for hydroxylation is 1. The summed E-state index contributed by atoms with van der Waals surface area (Å²) in [6.45, 7) is 7.72. The van der Waals surface area contributed by atoms with E-state index in [2.05, 4.69) is 16.5 Å². The van der Waals surface area contributed by atoms with Crippen molar-refractivity contribution in [1.29, 1.82) is 0 Å². The average molecular weight is 581 g/mol. The molecule has 1 fully saturated rings. The number of hydrogen-bond acceptors (Lipinski definition) is 7. The number of hydrogen-bond donors (Lipinski definition) is 1. The summed E-state index contributed by atoms with van der Waals surface area (Å²) in [5.74, 6) is -1.57. The quantitative estimate of drug-likeness (QED) is 0.359. The maximum Gasteiger partial charge on any atom is 0.354 e. The zero-order chi connectivity index (χ0) is 29.6. The molecule has 0 aliphatic carbocycles. The Bertz CT molecular complexity index is 1890. The van der Waals surface area contributed by atoms with Crippen LogP contribution in [-0.2, 0) is 14.8 Å². The van der Waals surface area contributed by atoms with Crippen molar-refractivity contribution in [3.05, 3.63) is 89.1 Å². The summed E-state index contributed by atoms with van der Waals surface area (Å²) in [7, 11) is -4.34. The van der Waals surface area contributed by atoms with Crippen LogP contribution < -0.4 is 15.7 Å². The van der Waals surface area contributed by atoms with Gasteiger partial charge >= 0.3 is 5.69 Å². The summed E-state index contributed by atoms with van der Waals surface area (Å²) in [6, 6.07) is 8.85. The first-order valence-corrected chi connectivity index (χ1v) is 14.1. The lowest BCUT2D eigenvalue weighted by Crippen LogP contribution is -2.54. The first kappa shape index (κ1) is 28.1. The maximum absolute atomic E-state index is 15.7. The van der Waals surface area contributed by atoms with Crippen molar-refractivity contribution in [2.75, 3.05) is 24.5 Å². The minimum Gasteiger partial charge on any atom is -0.350 e. The van der Waals surface area contributed by atoms with Gasteiger partial charge in [0, 0.05) is 48.4 Å². The van der Waals surface area contributed by atoms with E-state index in [0.29, 0.717) is 13.1 Å². The van der Waals surface area contributed by atoms with Crippen LogP contribution >= 0.6 is 0 Å². The normalized spacial score (nSPS) is 15.8. The van der Waals surface area contributed by atoms with Gasteiger partial charge in [-0.2, -0.15) is 4.98 Å². The molecule has 2 N–H and O–H groups in total. The smallest absolute Gasteiger partial charge is 0.350 e. The zero-order valence-corrected chi connectivity index (χ0v) is 23.0. The molecule has 1 aliphatic heterocycles. The molecule has 10 nitrogen and oxygen atoms in total. The topological polar surface area (TPSA) is 131 Å². The second kappa shape index (κ2) is 10.5. The van der Waals surface area contributed by atoms with E-state index in [9.17, 15) is 22.4 Å². The highest BCUT2D eigenvalue weighted by atomic mass is 32.2. The summed E-state index contributed by atoms with van der Waals surface area (Å²) in [4.78, 5) is 37.4. The average Bonchev–Trinajstić information content (AvgIpc) is 2.92. The lowest BCUT2D eigenvalue weighted by Gasteiger charge is -2.40. The van der Waals surface area contributed by atoms with Gasteiger partial charge in [0.15, 0.2) is 0 Å². The molecule has 2 aromatic carbocycles. The van der Waals surface area contributed by atoms with Crippen molar-refractivity contribution >= 4 is 32.7 Å². The first-order valence-electron chi connectivity index (χ1n) is 12.6. The molecule has 1 atom stereocenters. The van der Waals surface area contributed by atoms with Gasteiger partial charge in [0.2, 0.25) is 15.9 Å². The number of rotatable bonds is 5. The molecular weight excluding hydrogens is 554 g/mol. The second-order valence-electron chi connectivity index (χ2n) is 9.70. The SMILES string of the molecule is C=CC(=O)N1CCN(c2nc(=O)n(-c3c(S(N)(=O)=O)ccnc3C)c3cc(-c4ccccc4F)c(F)cc23)[C@@H](C)C1. The van der Waals surface area contributed by atoms with Crippen LogP contribution in [0.1, 0.15) is 12.6 Å². The summed E-state index contributed by atoms with van der Waals surface area (Å²) in [5, 5.41) is 5.66. The van der Waals surface area contributed by atoms with Crippen molar-refractivity contribution in [1.82, 2.24) is 19.4 Å². The Hall–Kier alpha value is -4.49. The van der Waals surface area contributed by atoms with Crippen molar-refractivity contribution in [3.63, 3.8) is 0 Å². The van der Waals surface area contributed by atoms with Gasteiger partial charge in [-0.15, -0.1) is 0 Å². The molecule has 212 valence electrons. The number of piperazine rings is 1. The molecule has 0 bridgehead atoms. The van der Waals surface area contributed by atoms with Crippen LogP contribution in [0.2, 0.25) is 0 Å². The molecular formula is C28H26F2N6O4S. The number of benzene rings is 2. The van der Waals surface area contributed by atoms with Crippen LogP contribution in [0.15, 0.2) is 71.0 Å². The van der Waals surface area contributed by atoms with Gasteiger partial charge in [-0.05, 0) is 44.2 Å². The lowest BCUT2D eigenvalue weighted by atomic mass is 10.0. The van der Waals surface area contributed by atoms with Crippen molar-refractivity contribution in [3.8, 4) is 16.8 Å². The zero-order valence-electron chi connectivity index (χ0n) is 22.2. The highest BCUT2D eigenvalue weighted by molar-refractivity contribution is 7.89. The number of nitrogens with zero attached hydrogens (tertiary/aromatic N) is 5. The van der Waals surface area contributed by atoms with E-state index in [1.54, 1.807) is 15.9 Å². The van der Waals surface area contributed by atoms with Gasteiger partial charge in [-0.3, -0.25) is 14.3 Å². The fraction of sp³-hybridized carbons (Fsp3) is 0.214. The van der Waals surface area contributed by atoms with Gasteiger partial charge in [0.1, 0.15) is 22.3 Å². The van der Waals surface area contributed by atoms with E-state index in [0.717, 1.165) is 16.7 Å². The van der Waals surface area contributed by atoms with E-state index in [1.807, 2.05) is 6.92 Å². The predicted octanol–water partition coefficient (Wildman–Crippen LogP) is 2.90. The minimum absolute atomic E-state index is 0.0521. The van der Waals surface area contributed by atoms with E-state index < -0.39 is 27.3 Å². The van der Waals surface area contributed by atoms with Crippen LogP contribution in [0, 0.1) is 18.6 Å². The third-order valence-corrected chi connectivity index (χ3v) is 8.05. The highest BCUT2D eigenvalue weighted by Crippen LogP contribution is 2.35. The maximum atomic E-state index is 15.7. The third-order valence-electron chi connectivity index (χ3n) is 7.11. The van der Waals surface area contributed by atoms with Crippen LogP contribution in [0.5, 0.6) is 0 Å². The molecule has 2 aromatic heterocycles.